The van der Waals surface area contributed by atoms with Crippen molar-refractivity contribution in [1.82, 2.24) is 4.90 Å². The van der Waals surface area contributed by atoms with Gasteiger partial charge in [0.15, 0.2) is 0 Å². The van der Waals surface area contributed by atoms with Gasteiger partial charge in [-0.25, -0.2) is 4.79 Å². The number of unbranched alkanes of at least 4 members (excludes halogenated alkanes) is 1. The number of hydrogen-bond donors (Lipinski definition) is 0. The van der Waals surface area contributed by atoms with Gasteiger partial charge in [0.05, 0.1) is 19.1 Å². The first-order valence-corrected chi connectivity index (χ1v) is 9.24. The molecule has 2 rings (SSSR count). The van der Waals surface area contributed by atoms with Gasteiger partial charge in [0, 0.05) is 6.54 Å². The molecule has 1 heterocycles. The maximum atomic E-state index is 12.7. The molecule has 2 unspecified atom stereocenters. The summed E-state index contributed by atoms with van der Waals surface area (Å²) in [4.78, 5) is 26.5. The number of carbonyl (C=O) groups excluding carboxylic acids is 2. The topological polar surface area (TPSA) is 55.8 Å². The van der Waals surface area contributed by atoms with Gasteiger partial charge in [-0.2, -0.15) is 0 Å². The predicted octanol–water partition coefficient (Wildman–Crippen LogP) is 4.23. The zero-order chi connectivity index (χ0) is 18.6. The normalized spacial score (nSPS) is 23.3. The highest BCUT2D eigenvalue weighted by molar-refractivity contribution is 5.76. The Morgan fingerprint density at radius 2 is 2.04 bits per heavy atom. The van der Waals surface area contributed by atoms with Crippen LogP contribution in [0.4, 0.5) is 4.79 Å². The molecule has 25 heavy (non-hydrogen) atoms. The van der Waals surface area contributed by atoms with E-state index in [9.17, 15) is 9.59 Å². The second-order valence-corrected chi connectivity index (χ2v) is 7.83. The van der Waals surface area contributed by atoms with Gasteiger partial charge in [0.2, 0.25) is 0 Å². The van der Waals surface area contributed by atoms with E-state index in [1.165, 1.54) is 18.3 Å². The zero-order valence-corrected chi connectivity index (χ0v) is 16.1. The number of rotatable bonds is 4. The molecule has 1 aliphatic heterocycles. The third kappa shape index (κ3) is 4.86. The summed E-state index contributed by atoms with van der Waals surface area (Å²) in [6, 6.07) is 0.00987. The maximum absolute atomic E-state index is 12.7. The molecule has 0 spiro atoms. The fourth-order valence-electron chi connectivity index (χ4n) is 3.53. The molecule has 0 aromatic carbocycles. The van der Waals surface area contributed by atoms with Crippen molar-refractivity contribution in [1.29, 1.82) is 0 Å². The second kappa shape index (κ2) is 8.07. The Bertz CT molecular complexity index is 571. The van der Waals surface area contributed by atoms with Crippen LogP contribution in [0.15, 0.2) is 23.3 Å². The van der Waals surface area contributed by atoms with Crippen molar-refractivity contribution in [2.75, 3.05) is 13.7 Å². The van der Waals surface area contributed by atoms with E-state index in [0.29, 0.717) is 13.0 Å². The van der Waals surface area contributed by atoms with E-state index >= 15 is 0 Å². The minimum atomic E-state index is -0.512. The van der Waals surface area contributed by atoms with E-state index in [1.54, 1.807) is 0 Å². The van der Waals surface area contributed by atoms with E-state index in [1.807, 2.05) is 37.8 Å². The van der Waals surface area contributed by atoms with Crippen molar-refractivity contribution in [3.63, 3.8) is 0 Å². The standard InChI is InChI=1S/C20H31NO4/c1-6-7-8-17-16-13-15(18(22)24-5)10-9-14(16)11-12-21(17)19(23)25-20(2,3)4/h9-10,15,17H,6-8,11-13H2,1-5H3. The molecule has 1 aliphatic carbocycles. The van der Waals surface area contributed by atoms with Gasteiger partial charge in [-0.1, -0.05) is 31.9 Å². The summed E-state index contributed by atoms with van der Waals surface area (Å²) in [5.41, 5.74) is 1.95. The van der Waals surface area contributed by atoms with Gasteiger partial charge in [-0.15, -0.1) is 0 Å². The fraction of sp³-hybridized carbons (Fsp3) is 0.700. The highest BCUT2D eigenvalue weighted by Crippen LogP contribution is 2.37. The highest BCUT2D eigenvalue weighted by atomic mass is 16.6. The summed E-state index contributed by atoms with van der Waals surface area (Å²) in [7, 11) is 1.42. The minimum absolute atomic E-state index is 0.00987. The van der Waals surface area contributed by atoms with E-state index in [-0.39, 0.29) is 24.0 Å². The molecule has 0 bridgehead atoms. The molecule has 0 aromatic rings. The number of esters is 1. The van der Waals surface area contributed by atoms with E-state index in [0.717, 1.165) is 25.7 Å². The Morgan fingerprint density at radius 3 is 2.64 bits per heavy atom. The number of hydrogen-bond acceptors (Lipinski definition) is 4. The van der Waals surface area contributed by atoms with Crippen molar-refractivity contribution >= 4 is 12.1 Å². The van der Waals surface area contributed by atoms with Crippen LogP contribution in [0.3, 0.4) is 0 Å². The molecule has 2 atom stereocenters. The second-order valence-electron chi connectivity index (χ2n) is 7.83. The lowest BCUT2D eigenvalue weighted by Crippen LogP contribution is -2.48. The molecule has 2 aliphatic rings. The lowest BCUT2D eigenvalue weighted by Gasteiger charge is -2.41. The van der Waals surface area contributed by atoms with Crippen LogP contribution in [-0.2, 0) is 14.3 Å². The molecule has 5 nitrogen and oxygen atoms in total. The van der Waals surface area contributed by atoms with Crippen LogP contribution in [-0.4, -0.2) is 42.3 Å². The first-order chi connectivity index (χ1) is 11.8. The molecule has 0 saturated heterocycles. The molecular formula is C20H31NO4. The monoisotopic (exact) mass is 349 g/mol. The fourth-order valence-corrected chi connectivity index (χ4v) is 3.53. The Hall–Kier alpha value is -1.78. The van der Waals surface area contributed by atoms with Gasteiger partial charge < -0.3 is 14.4 Å². The highest BCUT2D eigenvalue weighted by Gasteiger charge is 2.37. The van der Waals surface area contributed by atoms with Gasteiger partial charge in [-0.05, 0) is 51.2 Å². The van der Waals surface area contributed by atoms with E-state index < -0.39 is 5.60 Å². The number of amides is 1. The van der Waals surface area contributed by atoms with E-state index in [4.69, 9.17) is 9.47 Å². The summed E-state index contributed by atoms with van der Waals surface area (Å²) >= 11 is 0. The number of nitrogens with zero attached hydrogens (tertiary/aromatic N) is 1. The largest absolute Gasteiger partial charge is 0.469 e. The molecular weight excluding hydrogens is 318 g/mol. The van der Waals surface area contributed by atoms with Crippen molar-refractivity contribution < 1.29 is 19.1 Å². The molecule has 0 N–H and O–H groups in total. The van der Waals surface area contributed by atoms with Crippen molar-refractivity contribution in [2.24, 2.45) is 5.92 Å². The van der Waals surface area contributed by atoms with Crippen molar-refractivity contribution in [3.8, 4) is 0 Å². The van der Waals surface area contributed by atoms with Crippen LogP contribution in [0, 0.1) is 5.92 Å². The lowest BCUT2D eigenvalue weighted by molar-refractivity contribution is -0.143. The number of methoxy groups -OCH3 is 1. The van der Waals surface area contributed by atoms with Crippen molar-refractivity contribution in [2.45, 2.75) is 71.4 Å². The minimum Gasteiger partial charge on any atom is -0.469 e. The molecule has 0 radical (unpaired) electrons. The Kier molecular flexibility index (Phi) is 6.31. The maximum Gasteiger partial charge on any atom is 0.410 e. The molecule has 140 valence electrons. The number of carbonyl (C=O) groups is 2. The molecule has 1 amide bonds. The quantitative estimate of drug-likeness (QED) is 0.713. The average Bonchev–Trinajstić information content (AvgIpc) is 2.56. The number of allylic oxidation sites excluding steroid dienone is 1. The predicted molar refractivity (Wildman–Crippen MR) is 97.2 cm³/mol. The van der Waals surface area contributed by atoms with Crippen LogP contribution in [0.25, 0.3) is 0 Å². The SMILES string of the molecule is CCCCC1C2=C(C=CC(C(=O)OC)C2)CCN1C(=O)OC(C)(C)C. The molecule has 5 heteroatoms. The summed E-state index contributed by atoms with van der Waals surface area (Å²) in [6.07, 6.45) is 8.16. The lowest BCUT2D eigenvalue weighted by atomic mass is 9.80. The molecule has 0 saturated carbocycles. The van der Waals surface area contributed by atoms with Crippen LogP contribution in [0.5, 0.6) is 0 Å². The van der Waals surface area contributed by atoms with Crippen LogP contribution in [0.2, 0.25) is 0 Å². The first kappa shape index (κ1) is 19.5. The zero-order valence-electron chi connectivity index (χ0n) is 16.1. The van der Waals surface area contributed by atoms with Gasteiger partial charge in [0.25, 0.3) is 0 Å². The third-order valence-electron chi connectivity index (χ3n) is 4.75. The van der Waals surface area contributed by atoms with Crippen LogP contribution < -0.4 is 0 Å². The smallest absolute Gasteiger partial charge is 0.410 e. The summed E-state index contributed by atoms with van der Waals surface area (Å²) in [5.74, 6) is -0.474. The summed E-state index contributed by atoms with van der Waals surface area (Å²) in [6.45, 7) is 8.47. The van der Waals surface area contributed by atoms with Gasteiger partial charge in [0.1, 0.15) is 5.60 Å². The Labute approximate surface area is 151 Å². The van der Waals surface area contributed by atoms with Gasteiger partial charge in [-0.3, -0.25) is 4.79 Å². The van der Waals surface area contributed by atoms with Crippen LogP contribution >= 0.6 is 0 Å². The molecule has 0 fully saturated rings. The van der Waals surface area contributed by atoms with Crippen LogP contribution in [0.1, 0.15) is 59.8 Å². The van der Waals surface area contributed by atoms with Crippen molar-refractivity contribution in [3.05, 3.63) is 23.3 Å². The third-order valence-corrected chi connectivity index (χ3v) is 4.75. The Balaban J connectivity index is 2.24. The number of ether oxygens (including phenoxy) is 2. The average molecular weight is 349 g/mol. The summed E-state index contributed by atoms with van der Waals surface area (Å²) < 4.78 is 10.5. The first-order valence-electron chi connectivity index (χ1n) is 9.24. The van der Waals surface area contributed by atoms with E-state index in [2.05, 4.69) is 6.92 Å². The molecule has 0 aromatic heterocycles. The summed E-state index contributed by atoms with van der Waals surface area (Å²) in [5, 5.41) is 0. The Morgan fingerprint density at radius 1 is 1.32 bits per heavy atom. The van der Waals surface area contributed by atoms with Gasteiger partial charge >= 0.3 is 12.1 Å².